The molecule has 1 saturated heterocycles. The summed E-state index contributed by atoms with van der Waals surface area (Å²) in [6.07, 6.45) is 8.59. The first-order chi connectivity index (χ1) is 14.3. The fourth-order valence-corrected chi connectivity index (χ4v) is 4.00. The van der Waals surface area contributed by atoms with Gasteiger partial charge in [0.25, 0.3) is 0 Å². The summed E-state index contributed by atoms with van der Waals surface area (Å²) in [5, 5.41) is 1.90. The summed E-state index contributed by atoms with van der Waals surface area (Å²) in [6.45, 7) is 3.87. The lowest BCUT2D eigenvalue weighted by Gasteiger charge is -2.17. The van der Waals surface area contributed by atoms with Crippen molar-refractivity contribution in [2.24, 2.45) is 0 Å². The van der Waals surface area contributed by atoms with Crippen molar-refractivity contribution in [3.8, 4) is 0 Å². The van der Waals surface area contributed by atoms with Gasteiger partial charge in [-0.1, -0.05) is 25.2 Å². The average Bonchev–Trinajstić information content (AvgIpc) is 2.98. The van der Waals surface area contributed by atoms with Crippen molar-refractivity contribution in [1.29, 1.82) is 0 Å². The van der Waals surface area contributed by atoms with E-state index in [1.807, 2.05) is 19.1 Å². The van der Waals surface area contributed by atoms with Crippen LogP contribution in [-0.4, -0.2) is 65.1 Å². The number of ether oxygens (including phenoxy) is 1. The zero-order valence-electron chi connectivity index (χ0n) is 17.7. The number of rotatable bonds is 13. The summed E-state index contributed by atoms with van der Waals surface area (Å²) in [5.74, 6) is -1.50. The van der Waals surface area contributed by atoms with Crippen molar-refractivity contribution >= 4 is 41.2 Å². The lowest BCUT2D eigenvalue weighted by molar-refractivity contribution is -0.144. The predicted molar refractivity (Wildman–Crippen MR) is 115 cm³/mol. The largest absolute Gasteiger partial charge is 0.467 e. The maximum atomic E-state index is 12.6. The minimum atomic E-state index is -0.922. The molecule has 0 aromatic rings. The Labute approximate surface area is 181 Å². The number of carbonyl (C=O) groups excluding carboxylic acids is 5. The lowest BCUT2D eigenvalue weighted by Crippen LogP contribution is -2.43. The van der Waals surface area contributed by atoms with Gasteiger partial charge in [0, 0.05) is 31.6 Å². The fourth-order valence-electron chi connectivity index (χ4n) is 2.83. The third kappa shape index (κ3) is 8.52. The number of nitrogens with zero attached hydrogens (tertiary/aromatic N) is 1. The smallest absolute Gasteiger partial charge is 0.329 e. The average molecular weight is 439 g/mol. The molecule has 1 aliphatic rings. The Morgan fingerprint density at radius 3 is 2.67 bits per heavy atom. The lowest BCUT2D eigenvalue weighted by atomic mass is 10.1. The quantitative estimate of drug-likeness (QED) is 0.202. The Bertz CT molecular complexity index is 704. The Hall–Kier alpha value is -2.42. The fraction of sp³-hybridized carbons (Fsp3) is 0.571. The zero-order chi connectivity index (χ0) is 22.5. The van der Waals surface area contributed by atoms with E-state index in [1.165, 1.54) is 18.1 Å². The highest BCUT2D eigenvalue weighted by Gasteiger charge is 2.39. The highest BCUT2D eigenvalue weighted by atomic mass is 32.2. The second-order valence-electron chi connectivity index (χ2n) is 6.72. The third-order valence-electron chi connectivity index (χ3n) is 4.37. The molecule has 0 aromatic carbocycles. The van der Waals surface area contributed by atoms with Crippen LogP contribution in [0.2, 0.25) is 0 Å². The molecule has 2 atom stereocenters. The molecule has 9 heteroatoms. The molecule has 3 amide bonds. The molecular formula is C21H30N2O6S. The topological polar surface area (TPSA) is 110 Å². The van der Waals surface area contributed by atoms with Gasteiger partial charge in [-0.3, -0.25) is 24.1 Å². The van der Waals surface area contributed by atoms with Crippen LogP contribution in [0.1, 0.15) is 46.0 Å². The molecular weight excluding hydrogens is 408 g/mol. The molecule has 0 spiro atoms. The summed E-state index contributed by atoms with van der Waals surface area (Å²) in [6, 6.07) is -0.922. The van der Waals surface area contributed by atoms with Crippen LogP contribution in [0.25, 0.3) is 0 Å². The van der Waals surface area contributed by atoms with Crippen molar-refractivity contribution in [1.82, 2.24) is 10.2 Å². The number of Topliss-reactive ketones (excluding diaryl/α,β-unsaturated/α-hetero) is 1. The standard InChI is InChI=1S/C21H30N2O6S/c1-4-6-7-10-15(24)11-8-12-23-19(26)13-17(20(23)27)30-14-16(21(28)29-3)22-18(25)9-5-2/h5-7,9,16-17H,4,8,10-14H2,1-3H3,(H,22,25)/b7-6-,9-5+. The summed E-state index contributed by atoms with van der Waals surface area (Å²) in [5.41, 5.74) is 0. The maximum absolute atomic E-state index is 12.6. The molecule has 0 radical (unpaired) electrons. The number of nitrogens with one attached hydrogen (secondary N) is 1. The highest BCUT2D eigenvalue weighted by molar-refractivity contribution is 8.00. The number of likely N-dealkylation sites (tertiary alicyclic amines) is 1. The number of thioether (sulfide) groups is 1. The number of esters is 1. The van der Waals surface area contributed by atoms with E-state index < -0.39 is 23.2 Å². The predicted octanol–water partition coefficient (Wildman–Crippen LogP) is 1.79. The van der Waals surface area contributed by atoms with E-state index in [4.69, 9.17) is 4.74 Å². The van der Waals surface area contributed by atoms with Crippen LogP contribution in [0.3, 0.4) is 0 Å². The monoisotopic (exact) mass is 438 g/mol. The van der Waals surface area contributed by atoms with E-state index in [0.717, 1.165) is 18.2 Å². The summed E-state index contributed by atoms with van der Waals surface area (Å²) in [4.78, 5) is 61.3. The molecule has 0 aliphatic carbocycles. The van der Waals surface area contributed by atoms with Crippen molar-refractivity contribution in [2.45, 2.75) is 57.2 Å². The minimum Gasteiger partial charge on any atom is -0.467 e. The van der Waals surface area contributed by atoms with Crippen LogP contribution in [-0.2, 0) is 28.7 Å². The summed E-state index contributed by atoms with van der Waals surface area (Å²) >= 11 is 1.14. The summed E-state index contributed by atoms with van der Waals surface area (Å²) in [7, 11) is 1.22. The van der Waals surface area contributed by atoms with Crippen LogP contribution in [0, 0.1) is 0 Å². The van der Waals surface area contributed by atoms with E-state index in [0.29, 0.717) is 19.3 Å². The maximum Gasteiger partial charge on any atom is 0.329 e. The highest BCUT2D eigenvalue weighted by Crippen LogP contribution is 2.26. The van der Waals surface area contributed by atoms with E-state index in [1.54, 1.807) is 13.0 Å². The molecule has 0 aromatic heterocycles. The van der Waals surface area contributed by atoms with E-state index in [9.17, 15) is 24.0 Å². The molecule has 1 rings (SSSR count). The number of amides is 3. The van der Waals surface area contributed by atoms with Gasteiger partial charge in [0.05, 0.1) is 12.4 Å². The molecule has 2 unspecified atom stereocenters. The van der Waals surface area contributed by atoms with Crippen LogP contribution in [0.15, 0.2) is 24.3 Å². The van der Waals surface area contributed by atoms with Gasteiger partial charge in [0.15, 0.2) is 0 Å². The summed E-state index contributed by atoms with van der Waals surface area (Å²) < 4.78 is 4.70. The normalized spacial score (nSPS) is 17.7. The van der Waals surface area contributed by atoms with Gasteiger partial charge in [-0.05, 0) is 25.8 Å². The van der Waals surface area contributed by atoms with Crippen molar-refractivity contribution in [3.63, 3.8) is 0 Å². The number of methoxy groups -OCH3 is 1. The van der Waals surface area contributed by atoms with Gasteiger partial charge in [-0.2, -0.15) is 0 Å². The Kier molecular flexibility index (Phi) is 11.7. The van der Waals surface area contributed by atoms with Gasteiger partial charge in [-0.15, -0.1) is 11.8 Å². The van der Waals surface area contributed by atoms with Gasteiger partial charge in [0.2, 0.25) is 17.7 Å². The van der Waals surface area contributed by atoms with Crippen LogP contribution < -0.4 is 5.32 Å². The van der Waals surface area contributed by atoms with Gasteiger partial charge >= 0.3 is 5.97 Å². The number of imide groups is 1. The van der Waals surface area contributed by atoms with Gasteiger partial charge in [0.1, 0.15) is 11.8 Å². The zero-order valence-corrected chi connectivity index (χ0v) is 18.5. The molecule has 0 bridgehead atoms. The van der Waals surface area contributed by atoms with Crippen molar-refractivity contribution < 1.29 is 28.7 Å². The molecule has 1 heterocycles. The molecule has 30 heavy (non-hydrogen) atoms. The number of allylic oxidation sites excluding steroid dienone is 3. The van der Waals surface area contributed by atoms with Crippen LogP contribution in [0.5, 0.6) is 0 Å². The second kappa shape index (κ2) is 13.7. The SMILES string of the molecule is C/C=C/C(=O)NC(CSC1CC(=O)N(CCCC(=O)C/C=C\CC)C1=O)C(=O)OC. The van der Waals surface area contributed by atoms with E-state index in [2.05, 4.69) is 5.32 Å². The Morgan fingerprint density at radius 2 is 2.03 bits per heavy atom. The molecule has 166 valence electrons. The van der Waals surface area contributed by atoms with Crippen molar-refractivity contribution in [2.75, 3.05) is 19.4 Å². The minimum absolute atomic E-state index is 0.0351. The molecule has 8 nitrogen and oxygen atoms in total. The number of ketones is 1. The number of hydrogen-bond donors (Lipinski definition) is 1. The Balaban J connectivity index is 2.54. The second-order valence-corrected chi connectivity index (χ2v) is 7.96. The van der Waals surface area contributed by atoms with E-state index in [-0.39, 0.29) is 36.3 Å². The van der Waals surface area contributed by atoms with Crippen LogP contribution in [0.4, 0.5) is 0 Å². The first-order valence-electron chi connectivity index (χ1n) is 9.97. The van der Waals surface area contributed by atoms with Crippen LogP contribution >= 0.6 is 11.8 Å². The molecule has 1 fully saturated rings. The Morgan fingerprint density at radius 1 is 1.30 bits per heavy atom. The number of carbonyl (C=O) groups is 5. The first-order valence-corrected chi connectivity index (χ1v) is 11.0. The molecule has 0 saturated carbocycles. The first kappa shape index (κ1) is 25.6. The van der Waals surface area contributed by atoms with Gasteiger partial charge < -0.3 is 10.1 Å². The number of hydrogen-bond acceptors (Lipinski definition) is 7. The van der Waals surface area contributed by atoms with Gasteiger partial charge in [-0.25, -0.2) is 4.79 Å². The van der Waals surface area contributed by atoms with E-state index >= 15 is 0 Å². The molecule has 1 aliphatic heterocycles. The third-order valence-corrected chi connectivity index (χ3v) is 5.67. The molecule has 1 N–H and O–H groups in total. The van der Waals surface area contributed by atoms with Crippen molar-refractivity contribution in [3.05, 3.63) is 24.3 Å².